The molecule has 0 radical (unpaired) electrons. The van der Waals surface area contributed by atoms with Crippen LogP contribution in [0.3, 0.4) is 0 Å². The summed E-state index contributed by atoms with van der Waals surface area (Å²) in [5.74, 6) is 0.665. The van der Waals surface area contributed by atoms with Crippen LogP contribution in [0, 0.1) is 0 Å². The molecule has 0 N–H and O–H groups in total. The molecule has 276 valence electrons. The van der Waals surface area contributed by atoms with E-state index in [1.54, 1.807) is 0 Å². The lowest BCUT2D eigenvalue weighted by molar-refractivity contribution is 0.660. The third-order valence-corrected chi connectivity index (χ3v) is 13.1. The van der Waals surface area contributed by atoms with Crippen molar-refractivity contribution in [2.45, 2.75) is 19.3 Å². The first kappa shape index (κ1) is 32.5. The third kappa shape index (κ3) is 4.49. The largest absolute Gasteiger partial charge is 0.309 e. The van der Waals surface area contributed by atoms with E-state index in [9.17, 15) is 0 Å². The molecule has 0 amide bonds. The summed E-state index contributed by atoms with van der Waals surface area (Å²) >= 11 is 0. The van der Waals surface area contributed by atoms with Gasteiger partial charge in [-0.05, 0) is 98.4 Å². The maximum Gasteiger partial charge on any atom is 0.235 e. The van der Waals surface area contributed by atoms with E-state index in [0.717, 1.165) is 44.3 Å². The average molecular weight is 753 g/mol. The molecular formula is C55H36N4. The van der Waals surface area contributed by atoms with Crippen molar-refractivity contribution in [2.24, 2.45) is 0 Å². The molecule has 1 aliphatic rings. The highest BCUT2D eigenvalue weighted by molar-refractivity contribution is 6.21. The molecule has 0 aliphatic heterocycles. The molecule has 3 heterocycles. The molecule has 0 fully saturated rings. The Morgan fingerprint density at radius 3 is 1.98 bits per heavy atom. The van der Waals surface area contributed by atoms with Crippen LogP contribution >= 0.6 is 0 Å². The Kier molecular flexibility index (Phi) is 6.48. The van der Waals surface area contributed by atoms with Gasteiger partial charge < -0.3 is 4.57 Å². The fourth-order valence-electron chi connectivity index (χ4n) is 10.3. The number of aromatic nitrogens is 4. The van der Waals surface area contributed by atoms with Gasteiger partial charge in [-0.2, -0.15) is 0 Å². The van der Waals surface area contributed by atoms with E-state index in [4.69, 9.17) is 9.97 Å². The van der Waals surface area contributed by atoms with E-state index in [0.29, 0.717) is 5.95 Å². The topological polar surface area (TPSA) is 35.6 Å². The van der Waals surface area contributed by atoms with Crippen LogP contribution < -0.4 is 0 Å². The lowest BCUT2D eigenvalue weighted by Gasteiger charge is -2.22. The van der Waals surface area contributed by atoms with Gasteiger partial charge in [-0.15, -0.1) is 0 Å². The minimum absolute atomic E-state index is 0.118. The Hall–Kier alpha value is -7.56. The predicted molar refractivity (Wildman–Crippen MR) is 246 cm³/mol. The molecule has 4 heteroatoms. The Labute approximate surface area is 340 Å². The first-order valence-electron chi connectivity index (χ1n) is 20.4. The van der Waals surface area contributed by atoms with E-state index >= 15 is 0 Å². The Morgan fingerprint density at radius 2 is 1.10 bits per heavy atom. The fourth-order valence-corrected chi connectivity index (χ4v) is 10.3. The van der Waals surface area contributed by atoms with Crippen LogP contribution in [-0.4, -0.2) is 19.1 Å². The summed E-state index contributed by atoms with van der Waals surface area (Å²) < 4.78 is 4.69. The number of benzene rings is 9. The second-order valence-corrected chi connectivity index (χ2v) is 16.6. The van der Waals surface area contributed by atoms with E-state index in [1.807, 2.05) is 0 Å². The molecule has 9 aromatic carbocycles. The van der Waals surface area contributed by atoms with Crippen LogP contribution in [0.25, 0.3) is 110 Å². The summed E-state index contributed by atoms with van der Waals surface area (Å²) in [6.45, 7) is 4.67. The first-order chi connectivity index (χ1) is 29.0. The quantitative estimate of drug-likeness (QED) is 0.180. The van der Waals surface area contributed by atoms with Crippen molar-refractivity contribution in [3.63, 3.8) is 0 Å². The minimum atomic E-state index is -0.118. The Bertz CT molecular complexity index is 3770. The molecule has 0 atom stereocenters. The second kappa shape index (κ2) is 11.7. The highest BCUT2D eigenvalue weighted by atomic mass is 15.2. The summed E-state index contributed by atoms with van der Waals surface area (Å²) in [6.07, 6.45) is 0. The summed E-state index contributed by atoms with van der Waals surface area (Å²) in [5.41, 5.74) is 13.9. The van der Waals surface area contributed by atoms with E-state index < -0.39 is 0 Å². The fraction of sp³-hybridized carbons (Fsp3) is 0.0545. The van der Waals surface area contributed by atoms with Crippen molar-refractivity contribution < 1.29 is 0 Å². The number of hydrogen-bond donors (Lipinski definition) is 0. The summed E-state index contributed by atoms with van der Waals surface area (Å²) in [5, 5.41) is 10.8. The maximum atomic E-state index is 5.52. The van der Waals surface area contributed by atoms with Gasteiger partial charge in [-0.3, -0.25) is 4.57 Å². The lowest BCUT2D eigenvalue weighted by Crippen LogP contribution is -2.15. The molecule has 0 bridgehead atoms. The molecule has 0 spiro atoms. The minimum Gasteiger partial charge on any atom is -0.309 e. The second-order valence-electron chi connectivity index (χ2n) is 16.6. The predicted octanol–water partition coefficient (Wildman–Crippen LogP) is 14.1. The van der Waals surface area contributed by atoms with Gasteiger partial charge >= 0.3 is 0 Å². The van der Waals surface area contributed by atoms with E-state index in [-0.39, 0.29) is 5.41 Å². The molecular weight excluding hydrogens is 717 g/mol. The van der Waals surface area contributed by atoms with E-state index in [1.165, 1.54) is 71.0 Å². The van der Waals surface area contributed by atoms with Crippen molar-refractivity contribution in [3.8, 4) is 34.0 Å². The molecule has 4 nitrogen and oxygen atoms in total. The standard InChI is InChI=1S/C55H36N4/c1-55(2)45-19-9-5-15-39(45)40-27-24-35(31-46(40)55)53-42-17-6-10-20-47(42)56-54(57-53)59-48-21-11-7-16-41(48)44-30-34-23-26-37(29-36(34)32-51(44)59)58-49-22-12-8-18-43(49)52-38-14-4-3-13-33(38)25-28-50(52)58/h3-32H,1-2H3. The number of rotatable bonds is 3. The van der Waals surface area contributed by atoms with Crippen LogP contribution in [0.1, 0.15) is 25.0 Å². The van der Waals surface area contributed by atoms with E-state index in [2.05, 4.69) is 205 Å². The molecule has 59 heavy (non-hydrogen) atoms. The molecule has 0 saturated heterocycles. The van der Waals surface area contributed by atoms with Gasteiger partial charge in [0.2, 0.25) is 5.95 Å². The number of nitrogens with zero attached hydrogens (tertiary/aromatic N) is 4. The number of hydrogen-bond acceptors (Lipinski definition) is 2. The zero-order valence-electron chi connectivity index (χ0n) is 32.6. The molecule has 1 aliphatic carbocycles. The normalized spacial score (nSPS) is 13.4. The monoisotopic (exact) mass is 752 g/mol. The molecule has 3 aromatic heterocycles. The van der Waals surface area contributed by atoms with Crippen molar-refractivity contribution >= 4 is 76.1 Å². The van der Waals surface area contributed by atoms with Gasteiger partial charge in [-0.1, -0.05) is 141 Å². The molecule has 13 rings (SSSR count). The Morgan fingerprint density at radius 1 is 0.407 bits per heavy atom. The number of para-hydroxylation sites is 3. The van der Waals surface area contributed by atoms with Gasteiger partial charge in [-0.25, -0.2) is 9.97 Å². The zero-order chi connectivity index (χ0) is 39.0. The highest BCUT2D eigenvalue weighted by Gasteiger charge is 2.35. The van der Waals surface area contributed by atoms with Crippen LogP contribution in [0.4, 0.5) is 0 Å². The highest BCUT2D eigenvalue weighted by Crippen LogP contribution is 2.50. The van der Waals surface area contributed by atoms with Crippen LogP contribution in [0.2, 0.25) is 0 Å². The average Bonchev–Trinajstić information content (AvgIpc) is 3.88. The number of fused-ring (bicyclic) bond motifs is 13. The van der Waals surface area contributed by atoms with Crippen LogP contribution in [-0.2, 0) is 5.41 Å². The van der Waals surface area contributed by atoms with Crippen LogP contribution in [0.15, 0.2) is 182 Å². The summed E-state index contributed by atoms with van der Waals surface area (Å²) in [6, 6.07) is 66.4. The van der Waals surface area contributed by atoms with Gasteiger partial charge in [0.15, 0.2) is 0 Å². The van der Waals surface area contributed by atoms with Gasteiger partial charge in [0.1, 0.15) is 0 Å². The van der Waals surface area contributed by atoms with Gasteiger partial charge in [0.25, 0.3) is 0 Å². The molecule has 0 saturated carbocycles. The van der Waals surface area contributed by atoms with Crippen molar-refractivity contribution in [1.82, 2.24) is 19.1 Å². The summed E-state index contributed by atoms with van der Waals surface area (Å²) in [4.78, 5) is 10.8. The SMILES string of the molecule is CC1(C)c2ccccc2-c2ccc(-c3nc(-n4c5ccccc5c5cc6ccc(-n7c8ccccc8c8c9ccccc9ccc87)cc6cc54)nc4ccccc34)cc21. The smallest absolute Gasteiger partial charge is 0.235 e. The Balaban J connectivity index is 1.04. The first-order valence-corrected chi connectivity index (χ1v) is 20.4. The van der Waals surface area contributed by atoms with Crippen molar-refractivity contribution in [1.29, 1.82) is 0 Å². The van der Waals surface area contributed by atoms with Gasteiger partial charge in [0, 0.05) is 43.6 Å². The third-order valence-electron chi connectivity index (χ3n) is 13.1. The van der Waals surface area contributed by atoms with Gasteiger partial charge in [0.05, 0.1) is 33.3 Å². The molecule has 0 unspecified atom stereocenters. The van der Waals surface area contributed by atoms with Crippen molar-refractivity contribution in [3.05, 3.63) is 193 Å². The van der Waals surface area contributed by atoms with Crippen molar-refractivity contribution in [2.75, 3.05) is 0 Å². The summed E-state index contributed by atoms with van der Waals surface area (Å²) in [7, 11) is 0. The molecule has 12 aromatic rings. The van der Waals surface area contributed by atoms with Crippen LogP contribution in [0.5, 0.6) is 0 Å². The lowest BCUT2D eigenvalue weighted by atomic mass is 9.82. The maximum absolute atomic E-state index is 5.52. The zero-order valence-corrected chi connectivity index (χ0v) is 32.6.